The fourth-order valence-electron chi connectivity index (χ4n) is 1.51. The van der Waals surface area contributed by atoms with Crippen LogP contribution in [0, 0.1) is 11.6 Å². The average Bonchev–Trinajstić information content (AvgIpc) is 2.47. The van der Waals surface area contributed by atoms with Crippen LogP contribution in [0.25, 0.3) is 0 Å². The van der Waals surface area contributed by atoms with E-state index in [4.69, 9.17) is 4.74 Å². The normalized spacial score (nSPS) is 10.2. The van der Waals surface area contributed by atoms with E-state index in [0.717, 1.165) is 23.9 Å². The van der Waals surface area contributed by atoms with Crippen LogP contribution in [0.3, 0.4) is 0 Å². The van der Waals surface area contributed by atoms with Gasteiger partial charge in [-0.25, -0.2) is 13.8 Å². The van der Waals surface area contributed by atoms with Gasteiger partial charge in [0.25, 0.3) is 0 Å². The molecular weight excluding hydrogens is 298 g/mol. The molecule has 0 fully saturated rings. The number of carbonyl (C=O) groups excluding carboxylic acids is 1. The number of anilines is 1. The Morgan fingerprint density at radius 3 is 2.76 bits per heavy atom. The molecule has 0 spiro atoms. The van der Waals surface area contributed by atoms with Crippen molar-refractivity contribution >= 4 is 23.4 Å². The number of carbonyl (C=O) groups is 1. The molecule has 2 rings (SSSR count). The standard InChI is InChI=1S/C14H12F2N2O2S/c1-20-14-5-3-10(7-17-14)18-13(19)8-21-12-4-2-9(15)6-11(12)16/h2-7H,8H2,1H3,(H,18,19). The highest BCUT2D eigenvalue weighted by molar-refractivity contribution is 8.00. The molecule has 0 saturated heterocycles. The van der Waals surface area contributed by atoms with Crippen LogP contribution in [-0.4, -0.2) is 23.8 Å². The van der Waals surface area contributed by atoms with Gasteiger partial charge < -0.3 is 10.1 Å². The molecular formula is C14H12F2N2O2S. The highest BCUT2D eigenvalue weighted by atomic mass is 32.2. The maximum atomic E-state index is 13.4. The molecule has 21 heavy (non-hydrogen) atoms. The fourth-order valence-corrected chi connectivity index (χ4v) is 2.23. The maximum Gasteiger partial charge on any atom is 0.234 e. The van der Waals surface area contributed by atoms with Gasteiger partial charge in [0.2, 0.25) is 11.8 Å². The third-order valence-electron chi connectivity index (χ3n) is 2.48. The molecule has 0 bridgehead atoms. The summed E-state index contributed by atoms with van der Waals surface area (Å²) >= 11 is 0.992. The van der Waals surface area contributed by atoms with Gasteiger partial charge in [0.15, 0.2) is 0 Å². The maximum absolute atomic E-state index is 13.4. The summed E-state index contributed by atoms with van der Waals surface area (Å²) in [7, 11) is 1.49. The van der Waals surface area contributed by atoms with Gasteiger partial charge in [-0.05, 0) is 18.2 Å². The van der Waals surface area contributed by atoms with E-state index in [-0.39, 0.29) is 16.6 Å². The van der Waals surface area contributed by atoms with Crippen molar-refractivity contribution in [2.75, 3.05) is 18.2 Å². The van der Waals surface area contributed by atoms with Crippen molar-refractivity contribution in [2.45, 2.75) is 4.90 Å². The zero-order chi connectivity index (χ0) is 15.2. The molecule has 0 aliphatic carbocycles. The number of benzene rings is 1. The van der Waals surface area contributed by atoms with Crippen LogP contribution in [0.5, 0.6) is 5.88 Å². The summed E-state index contributed by atoms with van der Waals surface area (Å²) < 4.78 is 31.0. The third kappa shape index (κ3) is 4.42. The molecule has 4 nitrogen and oxygen atoms in total. The number of nitrogens with one attached hydrogen (secondary N) is 1. The molecule has 2 aromatic rings. The van der Waals surface area contributed by atoms with Gasteiger partial charge in [-0.2, -0.15) is 0 Å². The average molecular weight is 310 g/mol. The lowest BCUT2D eigenvalue weighted by Gasteiger charge is -2.06. The van der Waals surface area contributed by atoms with Crippen LogP contribution in [0.2, 0.25) is 0 Å². The van der Waals surface area contributed by atoms with E-state index in [1.807, 2.05) is 0 Å². The predicted octanol–water partition coefficient (Wildman–Crippen LogP) is 3.10. The van der Waals surface area contributed by atoms with E-state index in [1.165, 1.54) is 19.4 Å². The van der Waals surface area contributed by atoms with E-state index in [2.05, 4.69) is 10.3 Å². The Kier molecular flexibility index (Phi) is 5.10. The lowest BCUT2D eigenvalue weighted by atomic mass is 10.3. The molecule has 0 saturated carbocycles. The summed E-state index contributed by atoms with van der Waals surface area (Å²) in [6.07, 6.45) is 1.46. The highest BCUT2D eigenvalue weighted by Crippen LogP contribution is 2.22. The summed E-state index contributed by atoms with van der Waals surface area (Å²) in [6.45, 7) is 0. The van der Waals surface area contributed by atoms with Crippen LogP contribution in [0.4, 0.5) is 14.5 Å². The van der Waals surface area contributed by atoms with Crippen LogP contribution < -0.4 is 10.1 Å². The number of halogens is 2. The SMILES string of the molecule is COc1ccc(NC(=O)CSc2ccc(F)cc2F)cn1. The first kappa shape index (κ1) is 15.2. The van der Waals surface area contributed by atoms with Crippen molar-refractivity contribution in [2.24, 2.45) is 0 Å². The van der Waals surface area contributed by atoms with Crippen molar-refractivity contribution in [3.63, 3.8) is 0 Å². The lowest BCUT2D eigenvalue weighted by Crippen LogP contribution is -2.14. The number of rotatable bonds is 5. The minimum Gasteiger partial charge on any atom is -0.481 e. The van der Waals surface area contributed by atoms with E-state index in [9.17, 15) is 13.6 Å². The minimum absolute atomic E-state index is 0.00851. The van der Waals surface area contributed by atoms with Crippen molar-refractivity contribution in [3.05, 3.63) is 48.2 Å². The summed E-state index contributed by atoms with van der Waals surface area (Å²) in [6, 6.07) is 6.50. The molecule has 1 aromatic heterocycles. The topological polar surface area (TPSA) is 51.2 Å². The minimum atomic E-state index is -0.682. The largest absolute Gasteiger partial charge is 0.481 e. The van der Waals surface area contributed by atoms with Crippen LogP contribution in [0.1, 0.15) is 0 Å². The number of amides is 1. The Bertz CT molecular complexity index is 635. The number of nitrogens with zero attached hydrogens (tertiary/aromatic N) is 1. The number of hydrogen-bond donors (Lipinski definition) is 1. The van der Waals surface area contributed by atoms with E-state index in [1.54, 1.807) is 12.1 Å². The Morgan fingerprint density at radius 1 is 1.33 bits per heavy atom. The van der Waals surface area contributed by atoms with Crippen molar-refractivity contribution < 1.29 is 18.3 Å². The molecule has 1 aromatic carbocycles. The van der Waals surface area contributed by atoms with E-state index < -0.39 is 11.6 Å². The monoisotopic (exact) mass is 310 g/mol. The summed E-state index contributed by atoms with van der Waals surface area (Å²) in [4.78, 5) is 15.9. The first-order valence-corrected chi connectivity index (χ1v) is 6.95. The van der Waals surface area contributed by atoms with E-state index >= 15 is 0 Å². The van der Waals surface area contributed by atoms with Gasteiger partial charge in [0.05, 0.1) is 24.7 Å². The first-order valence-electron chi connectivity index (χ1n) is 5.96. The molecule has 1 N–H and O–H groups in total. The number of methoxy groups -OCH3 is 1. The molecule has 0 unspecified atom stereocenters. The summed E-state index contributed by atoms with van der Waals surface area (Å²) in [5.74, 6) is -1.19. The molecule has 0 radical (unpaired) electrons. The van der Waals surface area contributed by atoms with Gasteiger partial charge in [-0.1, -0.05) is 0 Å². The molecule has 0 aliphatic heterocycles. The molecule has 0 atom stereocenters. The van der Waals surface area contributed by atoms with Gasteiger partial charge in [0.1, 0.15) is 11.6 Å². The van der Waals surface area contributed by atoms with Crippen molar-refractivity contribution in [3.8, 4) is 5.88 Å². The zero-order valence-corrected chi connectivity index (χ0v) is 11.9. The fraction of sp³-hybridized carbons (Fsp3) is 0.143. The van der Waals surface area contributed by atoms with Gasteiger partial charge in [0, 0.05) is 17.0 Å². The van der Waals surface area contributed by atoms with Crippen LogP contribution in [-0.2, 0) is 4.79 Å². The number of thioether (sulfide) groups is 1. The number of pyridine rings is 1. The quantitative estimate of drug-likeness (QED) is 0.862. The van der Waals surface area contributed by atoms with Crippen LogP contribution in [0.15, 0.2) is 41.4 Å². The molecule has 110 valence electrons. The Morgan fingerprint density at radius 2 is 2.14 bits per heavy atom. The second-order valence-electron chi connectivity index (χ2n) is 4.00. The summed E-state index contributed by atoms with van der Waals surface area (Å²) in [5.41, 5.74) is 0.515. The first-order chi connectivity index (χ1) is 10.1. The second kappa shape index (κ2) is 7.03. The zero-order valence-electron chi connectivity index (χ0n) is 11.1. The second-order valence-corrected chi connectivity index (χ2v) is 5.02. The Labute approximate surface area is 124 Å². The molecule has 1 heterocycles. The lowest BCUT2D eigenvalue weighted by molar-refractivity contribution is -0.113. The number of hydrogen-bond acceptors (Lipinski definition) is 4. The number of ether oxygens (including phenoxy) is 1. The van der Waals surface area contributed by atoms with Crippen LogP contribution >= 0.6 is 11.8 Å². The predicted molar refractivity (Wildman–Crippen MR) is 76.5 cm³/mol. The van der Waals surface area contributed by atoms with Gasteiger partial charge in [-0.3, -0.25) is 4.79 Å². The molecule has 1 amide bonds. The van der Waals surface area contributed by atoms with E-state index in [0.29, 0.717) is 11.6 Å². The van der Waals surface area contributed by atoms with Crippen molar-refractivity contribution in [1.82, 2.24) is 4.98 Å². The molecule has 7 heteroatoms. The molecule has 0 aliphatic rings. The van der Waals surface area contributed by atoms with Gasteiger partial charge >= 0.3 is 0 Å². The third-order valence-corrected chi connectivity index (χ3v) is 3.53. The van der Waals surface area contributed by atoms with Crippen molar-refractivity contribution in [1.29, 1.82) is 0 Å². The smallest absolute Gasteiger partial charge is 0.234 e. The summed E-state index contributed by atoms with van der Waals surface area (Å²) in [5, 5.41) is 2.62. The Hall–Kier alpha value is -2.15. The Balaban J connectivity index is 1.89. The highest BCUT2D eigenvalue weighted by Gasteiger charge is 2.08. The van der Waals surface area contributed by atoms with Gasteiger partial charge in [-0.15, -0.1) is 11.8 Å². The number of aromatic nitrogens is 1.